The zero-order chi connectivity index (χ0) is 37.8. The third-order valence-electron chi connectivity index (χ3n) is 7.00. The average Bonchev–Trinajstić information content (AvgIpc) is 2.98. The van der Waals surface area contributed by atoms with E-state index < -0.39 is 84.1 Å². The number of nitrogens with two attached hydrogens (primary N) is 4. The summed E-state index contributed by atoms with van der Waals surface area (Å²) in [6, 6.07) is -7.03. The SMILES string of the molecule is CSCC[C@H](N)C(=O)N[C@@H](CC(C)C)C(=O)N[C@@H](C)C(=O)N[C@@H](CCCN=C(N)N)C(=O)N[C@@H](CC(C)C)C(=O)N[C@@H](CC(N)=O)C(=O)O. The van der Waals surface area contributed by atoms with Crippen LogP contribution in [0.2, 0.25) is 0 Å². The van der Waals surface area contributed by atoms with Crippen LogP contribution in [0.1, 0.15) is 73.1 Å². The molecule has 6 atom stereocenters. The predicted octanol–water partition coefficient (Wildman–Crippen LogP) is -2.38. The molecule has 0 saturated heterocycles. The van der Waals surface area contributed by atoms with Gasteiger partial charge in [-0.1, -0.05) is 27.7 Å². The fourth-order valence-electron chi connectivity index (χ4n) is 4.46. The topological polar surface area (TPSA) is 316 Å². The van der Waals surface area contributed by atoms with Gasteiger partial charge in [-0.3, -0.25) is 33.8 Å². The second-order valence-corrected chi connectivity index (χ2v) is 13.6. The van der Waals surface area contributed by atoms with Gasteiger partial charge in [0.2, 0.25) is 35.4 Å². The van der Waals surface area contributed by atoms with Crippen molar-refractivity contribution in [2.45, 2.75) is 109 Å². The van der Waals surface area contributed by atoms with E-state index in [2.05, 4.69) is 31.6 Å². The van der Waals surface area contributed by atoms with Crippen LogP contribution in [0, 0.1) is 11.8 Å². The molecule has 0 aromatic heterocycles. The fourth-order valence-corrected chi connectivity index (χ4v) is 4.94. The number of primary amides is 1. The minimum atomic E-state index is -1.62. The number of thioether (sulfide) groups is 1. The highest BCUT2D eigenvalue weighted by Crippen LogP contribution is 2.10. The summed E-state index contributed by atoms with van der Waals surface area (Å²) in [5.74, 6) is -5.57. The normalized spacial score (nSPS) is 14.7. The minimum Gasteiger partial charge on any atom is -0.480 e. The van der Waals surface area contributed by atoms with Crippen molar-refractivity contribution in [1.29, 1.82) is 0 Å². The molecule has 0 bridgehead atoms. The summed E-state index contributed by atoms with van der Waals surface area (Å²) in [6.07, 6.45) is 2.26. The number of carboxylic acids is 1. The third kappa shape index (κ3) is 19.5. The lowest BCUT2D eigenvalue weighted by Crippen LogP contribution is -2.59. The van der Waals surface area contributed by atoms with E-state index in [1.807, 2.05) is 20.1 Å². The van der Waals surface area contributed by atoms with E-state index in [0.717, 1.165) is 0 Å². The van der Waals surface area contributed by atoms with Crippen LogP contribution in [0.4, 0.5) is 0 Å². The number of carboxylic acid groups (broad SMARTS) is 1. The number of carbonyl (C=O) groups is 7. The Kier molecular flexibility index (Phi) is 21.3. The number of carbonyl (C=O) groups excluding carboxylic acids is 6. The summed E-state index contributed by atoms with van der Waals surface area (Å²) >= 11 is 1.53. The van der Waals surface area contributed by atoms with E-state index in [4.69, 9.17) is 22.9 Å². The van der Waals surface area contributed by atoms with Gasteiger partial charge in [0, 0.05) is 6.54 Å². The number of guanidine groups is 1. The summed E-state index contributed by atoms with van der Waals surface area (Å²) in [7, 11) is 0. The molecule has 280 valence electrons. The van der Waals surface area contributed by atoms with Crippen molar-refractivity contribution in [1.82, 2.24) is 26.6 Å². The molecular formula is C30H56N10O8S. The van der Waals surface area contributed by atoms with Crippen LogP contribution >= 0.6 is 11.8 Å². The Morgan fingerprint density at radius 3 is 1.61 bits per heavy atom. The van der Waals surface area contributed by atoms with Gasteiger partial charge >= 0.3 is 5.97 Å². The average molecular weight is 717 g/mol. The van der Waals surface area contributed by atoms with Crippen LogP contribution in [0.3, 0.4) is 0 Å². The Labute approximate surface area is 291 Å². The molecule has 0 saturated carbocycles. The maximum Gasteiger partial charge on any atom is 0.326 e. The van der Waals surface area contributed by atoms with E-state index in [-0.39, 0.29) is 50.0 Å². The Morgan fingerprint density at radius 1 is 0.673 bits per heavy atom. The first-order valence-electron chi connectivity index (χ1n) is 16.1. The van der Waals surface area contributed by atoms with Gasteiger partial charge in [-0.05, 0) is 62.9 Å². The van der Waals surface area contributed by atoms with Crippen molar-refractivity contribution in [3.63, 3.8) is 0 Å². The maximum absolute atomic E-state index is 13.5. The van der Waals surface area contributed by atoms with Crippen LogP contribution in [0.25, 0.3) is 0 Å². The number of nitrogens with one attached hydrogen (secondary N) is 5. The second kappa shape index (κ2) is 23.3. The Bertz CT molecular complexity index is 1170. The monoisotopic (exact) mass is 716 g/mol. The molecule has 14 N–H and O–H groups in total. The number of amides is 6. The predicted molar refractivity (Wildman–Crippen MR) is 187 cm³/mol. The molecule has 0 aliphatic carbocycles. The lowest BCUT2D eigenvalue weighted by molar-refractivity contribution is -0.144. The molecule has 18 nitrogen and oxygen atoms in total. The van der Waals surface area contributed by atoms with Crippen LogP contribution in [0.15, 0.2) is 4.99 Å². The molecule has 0 unspecified atom stereocenters. The fraction of sp³-hybridized carbons (Fsp3) is 0.733. The summed E-state index contributed by atoms with van der Waals surface area (Å²) in [5.41, 5.74) is 21.8. The first kappa shape index (κ1) is 44.9. The van der Waals surface area contributed by atoms with Gasteiger partial charge in [0.05, 0.1) is 12.5 Å². The van der Waals surface area contributed by atoms with Gasteiger partial charge in [0.25, 0.3) is 0 Å². The van der Waals surface area contributed by atoms with E-state index in [0.29, 0.717) is 12.2 Å². The van der Waals surface area contributed by atoms with Gasteiger partial charge in [-0.2, -0.15) is 11.8 Å². The van der Waals surface area contributed by atoms with Crippen LogP contribution in [-0.4, -0.2) is 107 Å². The van der Waals surface area contributed by atoms with Crippen LogP contribution < -0.4 is 49.5 Å². The van der Waals surface area contributed by atoms with E-state index in [1.165, 1.54) is 18.7 Å². The van der Waals surface area contributed by atoms with Crippen LogP contribution in [-0.2, 0) is 33.6 Å². The Morgan fingerprint density at radius 2 is 1.14 bits per heavy atom. The number of aliphatic carboxylic acids is 1. The van der Waals surface area contributed by atoms with Crippen molar-refractivity contribution < 1.29 is 38.7 Å². The molecule has 0 radical (unpaired) electrons. The third-order valence-corrected chi connectivity index (χ3v) is 7.64. The highest BCUT2D eigenvalue weighted by atomic mass is 32.2. The molecule has 0 aliphatic rings. The molecule has 0 spiro atoms. The van der Waals surface area contributed by atoms with Gasteiger partial charge in [-0.15, -0.1) is 0 Å². The Balaban J connectivity index is 5.94. The molecule has 0 aromatic rings. The van der Waals surface area contributed by atoms with Gasteiger partial charge in [0.1, 0.15) is 30.2 Å². The number of nitrogens with zero attached hydrogens (tertiary/aromatic N) is 1. The molecule has 49 heavy (non-hydrogen) atoms. The van der Waals surface area contributed by atoms with Crippen LogP contribution in [0.5, 0.6) is 0 Å². The molecule has 6 amide bonds. The maximum atomic E-state index is 13.5. The standard InChI is InChI=1S/C30H56N10O8S/c1-15(2)12-20(38-25(43)18(31)9-11-49-6)27(45)36-17(5)24(42)37-19(8-7-10-35-30(33)34)26(44)39-21(13-16(3)4)28(46)40-22(29(47)48)14-23(32)41/h15-22H,7-14,31H2,1-6H3,(H2,32,41)(H,36,45)(H,37,42)(H,38,43)(H,39,44)(H,40,46)(H,47,48)(H4,33,34,35)/t17-,18-,19-,20-,21-,22-/m0/s1. The van der Waals surface area contributed by atoms with Crippen molar-refractivity contribution >= 4 is 59.1 Å². The quantitative estimate of drug-likeness (QED) is 0.0284. The molecule has 0 aromatic carbocycles. The van der Waals surface area contributed by atoms with Gasteiger partial charge in [0.15, 0.2) is 5.96 Å². The van der Waals surface area contributed by atoms with Gasteiger partial charge in [-0.25, -0.2) is 4.79 Å². The summed E-state index contributed by atoms with van der Waals surface area (Å²) in [4.78, 5) is 92.5. The van der Waals surface area contributed by atoms with E-state index in [1.54, 1.807) is 13.8 Å². The lowest BCUT2D eigenvalue weighted by Gasteiger charge is -2.27. The van der Waals surface area contributed by atoms with Crippen molar-refractivity contribution in [3.05, 3.63) is 0 Å². The molecule has 0 aliphatic heterocycles. The molecule has 19 heteroatoms. The van der Waals surface area contributed by atoms with Crippen molar-refractivity contribution in [2.24, 2.45) is 39.8 Å². The summed E-state index contributed by atoms with van der Waals surface area (Å²) in [6.45, 7) is 8.81. The van der Waals surface area contributed by atoms with E-state index in [9.17, 15) is 38.7 Å². The first-order chi connectivity index (χ1) is 22.8. The molecule has 0 rings (SSSR count). The van der Waals surface area contributed by atoms with E-state index >= 15 is 0 Å². The highest BCUT2D eigenvalue weighted by Gasteiger charge is 2.32. The Hall–Kier alpha value is -4.13. The molecule has 0 heterocycles. The highest BCUT2D eigenvalue weighted by molar-refractivity contribution is 7.98. The smallest absolute Gasteiger partial charge is 0.326 e. The molecular weight excluding hydrogens is 660 g/mol. The number of aliphatic imine (C=N–C) groups is 1. The number of hydrogen-bond donors (Lipinski definition) is 10. The van der Waals surface area contributed by atoms with Gasteiger partial charge < -0.3 is 54.6 Å². The second-order valence-electron chi connectivity index (χ2n) is 12.6. The summed E-state index contributed by atoms with van der Waals surface area (Å²) in [5, 5.41) is 22.0. The number of hydrogen-bond acceptors (Lipinski definition) is 10. The number of rotatable bonds is 24. The van der Waals surface area contributed by atoms with Crippen molar-refractivity contribution in [3.8, 4) is 0 Å². The lowest BCUT2D eigenvalue weighted by atomic mass is 10.0. The zero-order valence-corrected chi connectivity index (χ0v) is 30.1. The first-order valence-corrected chi connectivity index (χ1v) is 17.5. The zero-order valence-electron chi connectivity index (χ0n) is 29.2. The molecule has 0 fully saturated rings. The largest absolute Gasteiger partial charge is 0.480 e. The minimum absolute atomic E-state index is 0.0125. The van der Waals surface area contributed by atoms with Crippen molar-refractivity contribution in [2.75, 3.05) is 18.6 Å². The summed E-state index contributed by atoms with van der Waals surface area (Å²) < 4.78 is 0.